The van der Waals surface area contributed by atoms with Crippen molar-refractivity contribution in [1.29, 1.82) is 0 Å². The summed E-state index contributed by atoms with van der Waals surface area (Å²) < 4.78 is 65.0. The van der Waals surface area contributed by atoms with Crippen LogP contribution in [0.3, 0.4) is 0 Å². The van der Waals surface area contributed by atoms with Crippen molar-refractivity contribution in [2.75, 3.05) is 0 Å². The minimum Gasteiger partial charge on any atom is -0.500 e. The molecule has 0 aliphatic carbocycles. The largest absolute Gasteiger partial charge is 0.500 e. The van der Waals surface area contributed by atoms with E-state index in [-0.39, 0.29) is 37.8 Å². The van der Waals surface area contributed by atoms with Crippen molar-refractivity contribution in [1.82, 2.24) is 19.1 Å². The fourth-order valence-corrected chi connectivity index (χ4v) is 10.1. The van der Waals surface area contributed by atoms with Crippen molar-refractivity contribution in [3.8, 4) is 56.4 Å². The number of fused-ring (bicyclic) bond motifs is 5. The van der Waals surface area contributed by atoms with Gasteiger partial charge in [-0.05, 0) is 113 Å². The summed E-state index contributed by atoms with van der Waals surface area (Å²) >= 11 is 0. The molecule has 3 aromatic heterocycles. The molecule has 0 amide bonds. The number of alkyl halides is 3. The third-order valence-electron chi connectivity index (χ3n) is 13.7. The van der Waals surface area contributed by atoms with E-state index in [4.69, 9.17) is 9.40 Å². The number of halogens is 4. The molecule has 0 fully saturated rings. The Morgan fingerprint density at radius 2 is 1.11 bits per heavy atom. The Labute approximate surface area is 446 Å². The molecule has 0 spiro atoms. The predicted octanol–water partition coefficient (Wildman–Crippen LogP) is 18.2. The molecule has 10 heteroatoms. The molecule has 3 heterocycles. The molecule has 0 aliphatic rings. The van der Waals surface area contributed by atoms with Crippen molar-refractivity contribution >= 4 is 44.0 Å². The van der Waals surface area contributed by atoms with E-state index in [1.54, 1.807) is 0 Å². The number of benzene rings is 9. The van der Waals surface area contributed by atoms with E-state index in [1.807, 2.05) is 115 Å². The quantitative estimate of drug-likeness (QED) is 0.113. The number of imidazole rings is 2. The molecule has 12 rings (SSSR count). The van der Waals surface area contributed by atoms with Crippen LogP contribution in [0.1, 0.15) is 67.3 Å². The maximum absolute atomic E-state index is 15.5. The molecule has 375 valence electrons. The zero-order chi connectivity index (χ0) is 51.4. The van der Waals surface area contributed by atoms with E-state index in [9.17, 15) is 13.2 Å². The van der Waals surface area contributed by atoms with Gasteiger partial charge in [-0.1, -0.05) is 142 Å². The fourth-order valence-electron chi connectivity index (χ4n) is 10.1. The smallest absolute Gasteiger partial charge is 0.381 e. The number of hydrogen-bond donors (Lipinski definition) is 0. The Bertz CT molecular complexity index is 3990. The maximum Gasteiger partial charge on any atom is 0.381 e. The Hall–Kier alpha value is -7.91. The molecule has 0 aliphatic heterocycles. The van der Waals surface area contributed by atoms with Crippen molar-refractivity contribution in [2.45, 2.75) is 59.6 Å². The summed E-state index contributed by atoms with van der Waals surface area (Å²) in [7, 11) is 0. The second-order valence-electron chi connectivity index (χ2n) is 19.3. The van der Waals surface area contributed by atoms with Gasteiger partial charge in [-0.2, -0.15) is 13.2 Å². The molecule has 0 saturated heterocycles. The van der Waals surface area contributed by atoms with Crippen LogP contribution in [0.4, 0.5) is 17.6 Å². The number of para-hydroxylation sites is 5. The summed E-state index contributed by atoms with van der Waals surface area (Å²) in [6.45, 7) is 13.0. The molecule has 0 bridgehead atoms. The summed E-state index contributed by atoms with van der Waals surface area (Å²) in [6.07, 6.45) is -4.39. The van der Waals surface area contributed by atoms with Gasteiger partial charge in [0.25, 0.3) is 0 Å². The van der Waals surface area contributed by atoms with Gasteiger partial charge in [0.05, 0.1) is 39.3 Å². The van der Waals surface area contributed by atoms with Crippen LogP contribution in [0.5, 0.6) is 0 Å². The third-order valence-corrected chi connectivity index (χ3v) is 13.7. The molecular weight excluding hydrogens is 1120 g/mol. The second-order valence-corrected chi connectivity index (χ2v) is 19.3. The Balaban J connectivity index is 0.000000195. The first kappa shape index (κ1) is 50.6. The summed E-state index contributed by atoms with van der Waals surface area (Å²) in [6, 6.07) is 63.9. The SMILES string of the molecule is CC(C)c1cc(-c2ccccc2)cc(C(C)C)c1-n1c(-c2[c-]ccc3c2oc2cc(F)c(-c4ccccc4)cc23)nc2ccccc21.Cc1cccc(C)c1-n1c(-c2[c-]cc(C(F)(F)F)cc2)nc2ccccc21.[Ir]. The van der Waals surface area contributed by atoms with Gasteiger partial charge >= 0.3 is 6.18 Å². The van der Waals surface area contributed by atoms with Crippen LogP contribution in [0, 0.1) is 31.8 Å². The van der Waals surface area contributed by atoms with E-state index >= 15 is 4.39 Å². The predicted molar refractivity (Wildman–Crippen MR) is 291 cm³/mol. The fraction of sp³-hybridized carbons (Fsp3) is 0.138. The Kier molecular flexibility index (Phi) is 13.8. The molecule has 12 aromatic rings. The number of rotatable bonds is 8. The topological polar surface area (TPSA) is 48.8 Å². The van der Waals surface area contributed by atoms with Crippen LogP contribution in [0.2, 0.25) is 0 Å². The minimum absolute atomic E-state index is 0. The van der Waals surface area contributed by atoms with E-state index in [2.05, 4.69) is 110 Å². The minimum atomic E-state index is -4.39. The van der Waals surface area contributed by atoms with Crippen LogP contribution >= 0.6 is 0 Å². The molecule has 9 aromatic carbocycles. The van der Waals surface area contributed by atoms with Gasteiger partial charge in [0, 0.05) is 48.5 Å². The summed E-state index contributed by atoms with van der Waals surface area (Å²) in [5, 5.41) is 1.76. The molecule has 0 N–H and O–H groups in total. The van der Waals surface area contributed by atoms with Crippen molar-refractivity contribution in [3.05, 3.63) is 228 Å². The van der Waals surface area contributed by atoms with Gasteiger partial charge in [0.2, 0.25) is 0 Å². The monoisotopic (exact) mass is 1170 g/mol. The molecule has 0 unspecified atom stereocenters. The molecular formula is C65H50F4IrN4O-2. The molecule has 0 saturated carbocycles. The average molecular weight is 1170 g/mol. The van der Waals surface area contributed by atoms with E-state index in [0.717, 1.165) is 84.4 Å². The molecule has 1 radical (unpaired) electrons. The second kappa shape index (κ2) is 20.4. The Morgan fingerprint density at radius 1 is 0.547 bits per heavy atom. The number of nitrogens with zero attached hydrogens (tertiary/aromatic N) is 4. The first-order valence-corrected chi connectivity index (χ1v) is 24.7. The van der Waals surface area contributed by atoms with Crippen molar-refractivity contribution in [2.24, 2.45) is 0 Å². The summed E-state index contributed by atoms with van der Waals surface area (Å²) in [5.41, 5.74) is 15.8. The van der Waals surface area contributed by atoms with Crippen LogP contribution in [0.25, 0.3) is 100 Å². The number of furan rings is 1. The zero-order valence-electron chi connectivity index (χ0n) is 42.0. The summed E-state index contributed by atoms with van der Waals surface area (Å²) in [5.74, 6) is 1.48. The summed E-state index contributed by atoms with van der Waals surface area (Å²) in [4.78, 5) is 9.93. The first-order valence-electron chi connectivity index (χ1n) is 24.7. The van der Waals surface area contributed by atoms with Crippen LogP contribution in [-0.2, 0) is 26.3 Å². The molecule has 0 atom stereocenters. The average Bonchev–Trinajstić information content (AvgIpc) is 4.12. The van der Waals surface area contributed by atoms with Crippen LogP contribution in [0.15, 0.2) is 186 Å². The van der Waals surface area contributed by atoms with Gasteiger partial charge in [-0.25, -0.2) is 4.39 Å². The van der Waals surface area contributed by atoms with Crippen LogP contribution in [-0.4, -0.2) is 19.1 Å². The first-order chi connectivity index (χ1) is 35.7. The van der Waals surface area contributed by atoms with Gasteiger partial charge in [-0.3, -0.25) is 9.97 Å². The number of hydrogen-bond acceptors (Lipinski definition) is 3. The van der Waals surface area contributed by atoms with E-state index in [1.165, 1.54) is 34.4 Å². The third kappa shape index (κ3) is 9.38. The number of aryl methyl sites for hydroxylation is 2. The van der Waals surface area contributed by atoms with E-state index < -0.39 is 11.7 Å². The van der Waals surface area contributed by atoms with Gasteiger partial charge in [-0.15, -0.1) is 48.0 Å². The molecule has 75 heavy (non-hydrogen) atoms. The normalized spacial score (nSPS) is 11.7. The van der Waals surface area contributed by atoms with Gasteiger partial charge in [0.15, 0.2) is 0 Å². The molecule has 5 nitrogen and oxygen atoms in total. The van der Waals surface area contributed by atoms with Crippen LogP contribution < -0.4 is 0 Å². The van der Waals surface area contributed by atoms with Crippen molar-refractivity contribution in [3.63, 3.8) is 0 Å². The standard InChI is InChI=1S/C43H34FN2O.C22H16F3N2.Ir/c1-26(2)33-22-30(28-14-7-5-8-15-28)23-34(27(3)4)41(33)46-39-21-12-11-20-38(39)45-43(46)32-19-13-18-31-36-24-35(29-16-9-6-10-17-29)37(44)25-40(36)47-42(31)32;1-14-6-5-7-15(2)20(14)27-19-9-4-3-8-18(19)26-21(27)16-10-12-17(13-11-16)22(23,24)25;/h5-18,20-27H,1-4H3;3-10,12-13H,1-2H3;/q2*-1;. The Morgan fingerprint density at radius 3 is 1.68 bits per heavy atom. The maximum atomic E-state index is 15.5. The van der Waals surface area contributed by atoms with Crippen molar-refractivity contribution < 1.29 is 42.1 Å². The number of aromatic nitrogens is 4. The van der Waals surface area contributed by atoms with Gasteiger partial charge < -0.3 is 13.6 Å². The van der Waals surface area contributed by atoms with Gasteiger partial charge in [0.1, 0.15) is 11.4 Å². The van der Waals surface area contributed by atoms with E-state index in [0.29, 0.717) is 28.1 Å². The zero-order valence-corrected chi connectivity index (χ0v) is 44.4.